The van der Waals surface area contributed by atoms with Gasteiger partial charge in [0.25, 0.3) is 0 Å². The van der Waals surface area contributed by atoms with E-state index >= 15 is 0 Å². The van der Waals surface area contributed by atoms with Gasteiger partial charge in [-0.15, -0.1) is 0 Å². The molecule has 12 heavy (non-hydrogen) atoms. The van der Waals surface area contributed by atoms with Crippen LogP contribution in [-0.4, -0.2) is 27.8 Å². The number of carboxylic acid groups (broad SMARTS) is 1. The van der Waals surface area contributed by atoms with Crippen molar-refractivity contribution in [3.8, 4) is 0 Å². The van der Waals surface area contributed by atoms with Gasteiger partial charge in [-0.05, 0) is 19.8 Å². The van der Waals surface area contributed by atoms with Gasteiger partial charge in [-0.2, -0.15) is 0 Å². The summed E-state index contributed by atoms with van der Waals surface area (Å²) in [6, 6.07) is 0. The van der Waals surface area contributed by atoms with Crippen molar-refractivity contribution in [2.45, 2.75) is 31.4 Å². The van der Waals surface area contributed by atoms with E-state index in [-0.39, 0.29) is 26.3 Å². The van der Waals surface area contributed by atoms with E-state index in [9.17, 15) is 4.79 Å². The minimum absolute atomic E-state index is 0. The second-order valence-electron chi connectivity index (χ2n) is 3.35. The summed E-state index contributed by atoms with van der Waals surface area (Å²) in [4.78, 5) is 10.4. The van der Waals surface area contributed by atoms with Crippen molar-refractivity contribution in [3.05, 3.63) is 0 Å². The maximum atomic E-state index is 10.4. The fourth-order valence-electron chi connectivity index (χ4n) is 1.37. The van der Waals surface area contributed by atoms with Crippen LogP contribution in [0.2, 0.25) is 0 Å². The monoisotopic (exact) mass is 346 g/mol. The zero-order valence-corrected chi connectivity index (χ0v) is 9.54. The minimum atomic E-state index is -0.813. The molecule has 1 unspecified atom stereocenters. The Bertz CT molecular complexity index is 177. The molecule has 0 aromatic rings. The van der Waals surface area contributed by atoms with Gasteiger partial charge in [-0.1, -0.05) is 0 Å². The van der Waals surface area contributed by atoms with Gasteiger partial charge in [-0.25, -0.2) is 0 Å². The van der Waals surface area contributed by atoms with E-state index in [1.54, 1.807) is 6.92 Å². The molecule has 0 spiro atoms. The molecule has 0 aliphatic heterocycles. The van der Waals surface area contributed by atoms with Crippen molar-refractivity contribution >= 4 is 5.97 Å². The first kappa shape index (κ1) is 12.1. The molecular weight excluding hydrogens is 332 g/mol. The van der Waals surface area contributed by atoms with E-state index in [4.69, 9.17) is 15.9 Å². The van der Waals surface area contributed by atoms with Crippen LogP contribution in [0.5, 0.6) is 0 Å². The Morgan fingerprint density at radius 1 is 1.67 bits per heavy atom. The van der Waals surface area contributed by atoms with E-state index < -0.39 is 17.6 Å². The normalized spacial score (nSPS) is 36.1. The molecule has 71 valence electrons. The van der Waals surface area contributed by atoms with Crippen LogP contribution >= 0.6 is 0 Å². The fraction of sp³-hybridized carbons (Fsp3) is 0.857. The summed E-state index contributed by atoms with van der Waals surface area (Å²) in [7, 11) is 0. The number of hydrogen-bond donors (Lipinski definition) is 3. The molecule has 5 heteroatoms. The molecule has 1 fully saturated rings. The summed E-state index contributed by atoms with van der Waals surface area (Å²) >= 11 is 0. The molecule has 1 radical (unpaired) electrons. The van der Waals surface area contributed by atoms with E-state index in [1.807, 2.05) is 0 Å². The zero-order chi connectivity index (χ0) is 8.65. The number of nitrogens with two attached hydrogens (primary N) is 1. The largest absolute Gasteiger partial charge is 0.481 e. The van der Waals surface area contributed by atoms with Crippen molar-refractivity contribution in [2.24, 2.45) is 11.7 Å². The van der Waals surface area contributed by atoms with Gasteiger partial charge in [0.1, 0.15) is 0 Å². The Hall–Kier alpha value is 0.0523. The topological polar surface area (TPSA) is 83.5 Å². The van der Waals surface area contributed by atoms with Gasteiger partial charge in [-0.3, -0.25) is 4.79 Å². The van der Waals surface area contributed by atoms with Gasteiger partial charge in [0, 0.05) is 26.0 Å². The Balaban J connectivity index is 0.00000121. The van der Waals surface area contributed by atoms with Gasteiger partial charge in [0.2, 0.25) is 0 Å². The van der Waals surface area contributed by atoms with E-state index in [0.717, 1.165) is 0 Å². The zero-order valence-electron chi connectivity index (χ0n) is 6.83. The van der Waals surface area contributed by atoms with Crippen LogP contribution in [0.4, 0.5) is 0 Å². The predicted molar refractivity (Wildman–Crippen MR) is 39.0 cm³/mol. The van der Waals surface area contributed by atoms with Gasteiger partial charge >= 0.3 is 5.97 Å². The number of carboxylic acids is 1. The molecular formula is C7H13NO3Re. The smallest absolute Gasteiger partial charge is 0.306 e. The second kappa shape index (κ2) is 3.84. The van der Waals surface area contributed by atoms with Crippen molar-refractivity contribution < 1.29 is 35.4 Å². The van der Waals surface area contributed by atoms with Crippen molar-refractivity contribution in [2.75, 3.05) is 0 Å². The molecule has 1 saturated carbocycles. The summed E-state index contributed by atoms with van der Waals surface area (Å²) in [5.41, 5.74) is 5.01. The third kappa shape index (κ3) is 2.05. The molecule has 1 aliphatic rings. The van der Waals surface area contributed by atoms with Gasteiger partial charge in [0.05, 0.1) is 12.0 Å². The molecule has 0 aromatic carbocycles. The summed E-state index contributed by atoms with van der Waals surface area (Å²) in [6.45, 7) is 1.60. The predicted octanol–water partition coefficient (Wildman–Crippen LogP) is -0.443. The third-order valence-electron chi connectivity index (χ3n) is 2.43. The molecule has 0 heterocycles. The number of rotatable bonds is 2. The summed E-state index contributed by atoms with van der Waals surface area (Å²) < 4.78 is 0. The van der Waals surface area contributed by atoms with Crippen LogP contribution in [-0.2, 0) is 25.2 Å². The first-order valence-electron chi connectivity index (χ1n) is 3.65. The third-order valence-corrected chi connectivity index (χ3v) is 2.43. The number of carbonyl (C=O) groups is 1. The van der Waals surface area contributed by atoms with Crippen LogP contribution in [0.3, 0.4) is 0 Å². The van der Waals surface area contributed by atoms with Crippen LogP contribution in [0.25, 0.3) is 0 Å². The van der Waals surface area contributed by atoms with Crippen molar-refractivity contribution in [1.82, 2.24) is 0 Å². The molecule has 0 amide bonds. The average molecular weight is 345 g/mol. The van der Waals surface area contributed by atoms with Gasteiger partial charge < -0.3 is 15.9 Å². The standard InChI is InChI=1S/C7H13NO3.Re/c1-4(9)7(8)2-5(3-7)6(10)11;/h4-5,9H,2-3,8H2,1H3,(H,10,11);. The first-order valence-corrected chi connectivity index (χ1v) is 3.65. The number of aliphatic hydroxyl groups is 1. The number of aliphatic carboxylic acids is 1. The number of aliphatic hydroxyl groups excluding tert-OH is 1. The number of hydrogen-bond acceptors (Lipinski definition) is 3. The van der Waals surface area contributed by atoms with Crippen molar-refractivity contribution in [3.63, 3.8) is 0 Å². The average Bonchev–Trinajstić information content (AvgIpc) is 1.79. The quantitative estimate of drug-likeness (QED) is 0.633. The Morgan fingerprint density at radius 3 is 2.33 bits per heavy atom. The maximum Gasteiger partial charge on any atom is 0.306 e. The molecule has 0 bridgehead atoms. The van der Waals surface area contributed by atoms with E-state index in [1.165, 1.54) is 0 Å². The van der Waals surface area contributed by atoms with Crippen LogP contribution in [0, 0.1) is 5.92 Å². The molecule has 0 saturated heterocycles. The molecule has 4 nitrogen and oxygen atoms in total. The van der Waals surface area contributed by atoms with Crippen molar-refractivity contribution in [1.29, 1.82) is 0 Å². The Labute approximate surface area is 84.8 Å². The van der Waals surface area contributed by atoms with Crippen LogP contribution < -0.4 is 5.73 Å². The molecule has 1 rings (SSSR count). The summed E-state index contributed by atoms with van der Waals surface area (Å²) in [6.07, 6.45) is 0.165. The summed E-state index contributed by atoms with van der Waals surface area (Å²) in [5, 5.41) is 17.6. The molecule has 1 atom stereocenters. The Morgan fingerprint density at radius 2 is 2.08 bits per heavy atom. The van der Waals surface area contributed by atoms with E-state index in [0.29, 0.717) is 12.8 Å². The molecule has 1 aliphatic carbocycles. The minimum Gasteiger partial charge on any atom is -0.481 e. The van der Waals surface area contributed by atoms with Crippen LogP contribution in [0.1, 0.15) is 19.8 Å². The fourth-order valence-corrected chi connectivity index (χ4v) is 1.37. The Kier molecular flexibility index (Phi) is 3.86. The van der Waals surface area contributed by atoms with Gasteiger partial charge in [0.15, 0.2) is 0 Å². The molecule has 0 aromatic heterocycles. The maximum absolute atomic E-state index is 10.4. The first-order chi connectivity index (χ1) is 4.96. The van der Waals surface area contributed by atoms with E-state index in [2.05, 4.69) is 0 Å². The molecule has 4 N–H and O–H groups in total. The summed E-state index contributed by atoms with van der Waals surface area (Å²) in [5.74, 6) is -1.17. The second-order valence-corrected chi connectivity index (χ2v) is 3.35. The SMILES string of the molecule is CC(O)C1(N)CC(C(=O)O)C1.[Re]. The van der Waals surface area contributed by atoms with Crippen LogP contribution in [0.15, 0.2) is 0 Å².